The number of fused-ring (bicyclic) bond motifs is 3. The predicted molar refractivity (Wildman–Crippen MR) is 152 cm³/mol. The molecule has 2 aromatic heterocycles. The van der Waals surface area contributed by atoms with E-state index in [4.69, 9.17) is 0 Å². The summed E-state index contributed by atoms with van der Waals surface area (Å²) in [6.07, 6.45) is 23.5. The highest BCUT2D eigenvalue weighted by molar-refractivity contribution is 5.85. The van der Waals surface area contributed by atoms with Gasteiger partial charge in [0.15, 0.2) is 0 Å². The summed E-state index contributed by atoms with van der Waals surface area (Å²) in [7, 11) is 0. The summed E-state index contributed by atoms with van der Waals surface area (Å²) >= 11 is 0. The second kappa shape index (κ2) is 11.8. The maximum absolute atomic E-state index is 4.29. The summed E-state index contributed by atoms with van der Waals surface area (Å²) in [5, 5.41) is 0. The molecule has 0 fully saturated rings. The molecule has 0 saturated carbocycles. The molecular weight excluding hydrogens is 452 g/mol. The lowest BCUT2D eigenvalue weighted by atomic mass is 9.70. The van der Waals surface area contributed by atoms with Crippen LogP contribution in [0.1, 0.15) is 89.2 Å². The molecule has 1 aliphatic carbocycles. The highest BCUT2D eigenvalue weighted by Gasteiger charge is 2.42. The third-order valence-corrected chi connectivity index (χ3v) is 8.06. The van der Waals surface area contributed by atoms with Crippen LogP contribution in [0.15, 0.2) is 73.8 Å². The number of benzene rings is 2. The second-order valence-electron chi connectivity index (χ2n) is 10.5. The highest BCUT2D eigenvalue weighted by atomic mass is 14.8. The summed E-state index contributed by atoms with van der Waals surface area (Å²) in [5.74, 6) is 0. The van der Waals surface area contributed by atoms with Gasteiger partial charge in [0.2, 0.25) is 0 Å². The third-order valence-electron chi connectivity index (χ3n) is 8.06. The first-order valence-corrected chi connectivity index (χ1v) is 14.1. The first-order valence-electron chi connectivity index (χ1n) is 14.1. The molecule has 0 amide bonds. The average Bonchev–Trinajstić information content (AvgIpc) is 3.23. The summed E-state index contributed by atoms with van der Waals surface area (Å²) in [6.45, 7) is 4.59. The third kappa shape index (κ3) is 5.20. The lowest BCUT2D eigenvalue weighted by Gasteiger charge is -2.33. The number of hydrogen-bond donors (Lipinski definition) is 0. The van der Waals surface area contributed by atoms with Crippen LogP contribution >= 0.6 is 0 Å². The van der Waals surface area contributed by atoms with Gasteiger partial charge in [-0.3, -0.25) is 0 Å². The van der Waals surface area contributed by atoms with Crippen LogP contribution in [0, 0.1) is 0 Å². The molecule has 4 nitrogen and oxygen atoms in total. The highest BCUT2D eigenvalue weighted by Crippen LogP contribution is 2.55. The van der Waals surface area contributed by atoms with Gasteiger partial charge >= 0.3 is 0 Å². The maximum Gasteiger partial charge on any atom is 0.115 e. The van der Waals surface area contributed by atoms with E-state index in [9.17, 15) is 0 Å². The number of nitrogens with zero attached hydrogens (tertiary/aromatic N) is 4. The van der Waals surface area contributed by atoms with E-state index in [0.717, 1.165) is 11.1 Å². The molecule has 1 aliphatic rings. The largest absolute Gasteiger partial charge is 0.244 e. The molecule has 2 aromatic carbocycles. The van der Waals surface area contributed by atoms with Gasteiger partial charge in [0.05, 0.1) is 0 Å². The SMILES string of the molecule is CCCCCCC1(CCCCCC)c2cc(-c3cncnc3)ccc2-c2ccc(-c3cncnc3)cc21. The molecule has 0 radical (unpaired) electrons. The van der Waals surface area contributed by atoms with Crippen molar-refractivity contribution in [3.05, 3.63) is 85.0 Å². The fraction of sp³-hybridized carbons (Fsp3) is 0.394. The van der Waals surface area contributed by atoms with Crippen molar-refractivity contribution in [2.24, 2.45) is 0 Å². The number of rotatable bonds is 12. The molecule has 190 valence electrons. The zero-order valence-corrected chi connectivity index (χ0v) is 22.3. The van der Waals surface area contributed by atoms with E-state index in [1.54, 1.807) is 12.7 Å². The lowest BCUT2D eigenvalue weighted by molar-refractivity contribution is 0.401. The Labute approximate surface area is 221 Å². The predicted octanol–water partition coefficient (Wildman–Crippen LogP) is 8.81. The monoisotopic (exact) mass is 490 g/mol. The molecule has 4 heteroatoms. The van der Waals surface area contributed by atoms with Crippen molar-refractivity contribution in [3.63, 3.8) is 0 Å². The molecule has 4 aromatic rings. The van der Waals surface area contributed by atoms with Crippen molar-refractivity contribution >= 4 is 0 Å². The van der Waals surface area contributed by atoms with E-state index in [0.29, 0.717) is 0 Å². The van der Waals surface area contributed by atoms with Crippen LogP contribution < -0.4 is 0 Å². The van der Waals surface area contributed by atoms with E-state index in [1.165, 1.54) is 97.6 Å². The minimum Gasteiger partial charge on any atom is -0.244 e. The van der Waals surface area contributed by atoms with Gasteiger partial charge in [-0.1, -0.05) is 89.5 Å². The molecule has 5 rings (SSSR count). The quantitative estimate of drug-likeness (QED) is 0.186. The van der Waals surface area contributed by atoms with Crippen molar-refractivity contribution in [3.8, 4) is 33.4 Å². The standard InChI is InChI=1S/C33H38N4/c1-3-5-7-9-15-33(16-10-8-6-4-2)31-17-25(27-19-34-23-35-20-27)11-13-29(31)30-14-12-26(18-32(30)33)28-21-36-24-37-22-28/h11-14,17-24H,3-10,15-16H2,1-2H3. The van der Waals surface area contributed by atoms with Crippen molar-refractivity contribution in [1.82, 2.24) is 19.9 Å². The Morgan fingerprint density at radius 2 is 0.946 bits per heavy atom. The normalized spacial score (nSPS) is 13.4. The number of hydrogen-bond acceptors (Lipinski definition) is 4. The van der Waals surface area contributed by atoms with Gasteiger partial charge in [0.1, 0.15) is 12.7 Å². The first kappa shape index (κ1) is 25.3. The van der Waals surface area contributed by atoms with Gasteiger partial charge in [0, 0.05) is 41.3 Å². The van der Waals surface area contributed by atoms with Gasteiger partial charge in [-0.05, 0) is 58.4 Å². The summed E-state index contributed by atoms with van der Waals surface area (Å²) in [5.41, 5.74) is 10.3. The van der Waals surface area contributed by atoms with Crippen LogP contribution in [0.5, 0.6) is 0 Å². The Hall–Kier alpha value is -3.40. The van der Waals surface area contributed by atoms with E-state index < -0.39 is 0 Å². The Bertz CT molecular complexity index is 1200. The maximum atomic E-state index is 4.29. The molecule has 0 spiro atoms. The minimum atomic E-state index is 0.0173. The first-order chi connectivity index (χ1) is 18.3. The smallest absolute Gasteiger partial charge is 0.115 e. The average molecular weight is 491 g/mol. The van der Waals surface area contributed by atoms with E-state index in [1.807, 2.05) is 24.8 Å². The topological polar surface area (TPSA) is 51.6 Å². The summed E-state index contributed by atoms with van der Waals surface area (Å²) in [4.78, 5) is 17.2. The molecular formula is C33H38N4. The lowest BCUT2D eigenvalue weighted by Crippen LogP contribution is -2.25. The van der Waals surface area contributed by atoms with Crippen molar-refractivity contribution < 1.29 is 0 Å². The van der Waals surface area contributed by atoms with Crippen molar-refractivity contribution in [2.45, 2.75) is 83.5 Å². The number of aromatic nitrogens is 4. The van der Waals surface area contributed by atoms with E-state index in [-0.39, 0.29) is 5.41 Å². The van der Waals surface area contributed by atoms with Crippen LogP contribution in [0.25, 0.3) is 33.4 Å². The van der Waals surface area contributed by atoms with E-state index in [2.05, 4.69) is 70.2 Å². The van der Waals surface area contributed by atoms with Gasteiger partial charge in [0.25, 0.3) is 0 Å². The summed E-state index contributed by atoms with van der Waals surface area (Å²) in [6, 6.07) is 14.0. The molecule has 0 saturated heterocycles. The zero-order valence-electron chi connectivity index (χ0n) is 22.3. The minimum absolute atomic E-state index is 0.0173. The van der Waals surface area contributed by atoms with Crippen LogP contribution in [0.2, 0.25) is 0 Å². The Morgan fingerprint density at radius 3 is 1.35 bits per heavy atom. The van der Waals surface area contributed by atoms with Crippen LogP contribution in [0.4, 0.5) is 0 Å². The molecule has 0 N–H and O–H groups in total. The zero-order chi connectivity index (χ0) is 25.5. The van der Waals surface area contributed by atoms with Gasteiger partial charge in [-0.25, -0.2) is 19.9 Å². The van der Waals surface area contributed by atoms with E-state index >= 15 is 0 Å². The molecule has 0 bridgehead atoms. The Kier molecular flexibility index (Phi) is 8.03. The summed E-state index contributed by atoms with van der Waals surface area (Å²) < 4.78 is 0. The molecule has 0 unspecified atom stereocenters. The van der Waals surface area contributed by atoms with Gasteiger partial charge in [-0.15, -0.1) is 0 Å². The fourth-order valence-electron chi connectivity index (χ4n) is 6.12. The van der Waals surface area contributed by atoms with Crippen LogP contribution in [0.3, 0.4) is 0 Å². The van der Waals surface area contributed by atoms with Gasteiger partial charge < -0.3 is 0 Å². The second-order valence-corrected chi connectivity index (χ2v) is 10.5. The molecule has 37 heavy (non-hydrogen) atoms. The fourth-order valence-corrected chi connectivity index (χ4v) is 6.12. The van der Waals surface area contributed by atoms with Crippen LogP contribution in [-0.4, -0.2) is 19.9 Å². The Balaban J connectivity index is 1.64. The molecule has 0 aliphatic heterocycles. The Morgan fingerprint density at radius 1 is 0.514 bits per heavy atom. The molecule has 0 atom stereocenters. The number of unbranched alkanes of at least 4 members (excludes halogenated alkanes) is 6. The molecule has 2 heterocycles. The van der Waals surface area contributed by atoms with Crippen LogP contribution in [-0.2, 0) is 5.41 Å². The van der Waals surface area contributed by atoms with Crippen molar-refractivity contribution in [1.29, 1.82) is 0 Å². The van der Waals surface area contributed by atoms with Crippen molar-refractivity contribution in [2.75, 3.05) is 0 Å². The van der Waals surface area contributed by atoms with Gasteiger partial charge in [-0.2, -0.15) is 0 Å².